The first-order chi connectivity index (χ1) is 7.72. The topological polar surface area (TPSA) is 68.0 Å². The van der Waals surface area contributed by atoms with Gasteiger partial charge in [-0.2, -0.15) is 0 Å². The molecule has 0 spiro atoms. The maximum atomic E-state index is 10.8. The highest BCUT2D eigenvalue weighted by molar-refractivity contribution is 5.85. The largest absolute Gasteiger partial charge is 0.477 e. The second kappa shape index (κ2) is 4.14. The van der Waals surface area contributed by atoms with E-state index in [-0.39, 0.29) is 5.69 Å². The molecule has 0 unspecified atom stereocenters. The molecule has 0 amide bonds. The van der Waals surface area contributed by atoms with E-state index in [0.29, 0.717) is 0 Å². The molecule has 0 bridgehead atoms. The van der Waals surface area contributed by atoms with Gasteiger partial charge in [0.2, 0.25) is 0 Å². The zero-order valence-electron chi connectivity index (χ0n) is 8.79. The van der Waals surface area contributed by atoms with Gasteiger partial charge in [0.25, 0.3) is 0 Å². The molecule has 2 heterocycles. The summed E-state index contributed by atoms with van der Waals surface area (Å²) in [5.74, 6) is -0.137. The minimum atomic E-state index is -1.03. The highest BCUT2D eigenvalue weighted by atomic mass is 16.4. The monoisotopic (exact) mass is 217 g/mol. The standard InChI is InChI=1S/C11H11N3O2/c1-2-10-13-5-6-14(10)8-3-4-12-9(7-8)11(15)16/h3-7H,2H2,1H3,(H,15,16). The molecule has 16 heavy (non-hydrogen) atoms. The van der Waals surface area contributed by atoms with E-state index in [0.717, 1.165) is 17.9 Å². The van der Waals surface area contributed by atoms with Crippen molar-refractivity contribution in [2.75, 3.05) is 0 Å². The number of carboxylic acids is 1. The molecule has 0 saturated carbocycles. The van der Waals surface area contributed by atoms with E-state index in [1.165, 1.54) is 12.3 Å². The summed E-state index contributed by atoms with van der Waals surface area (Å²) in [6, 6.07) is 3.29. The molecule has 2 aromatic rings. The van der Waals surface area contributed by atoms with Crippen molar-refractivity contribution >= 4 is 5.97 Å². The predicted molar refractivity (Wildman–Crippen MR) is 57.7 cm³/mol. The van der Waals surface area contributed by atoms with Crippen LogP contribution in [0, 0.1) is 0 Å². The van der Waals surface area contributed by atoms with Crippen LogP contribution < -0.4 is 0 Å². The van der Waals surface area contributed by atoms with Gasteiger partial charge in [0, 0.05) is 25.0 Å². The van der Waals surface area contributed by atoms with Crippen LogP contribution in [0.2, 0.25) is 0 Å². The number of nitrogens with zero attached hydrogens (tertiary/aromatic N) is 3. The zero-order valence-corrected chi connectivity index (χ0v) is 8.79. The van der Waals surface area contributed by atoms with Crippen LogP contribution in [0.25, 0.3) is 5.69 Å². The van der Waals surface area contributed by atoms with Crippen molar-refractivity contribution in [3.05, 3.63) is 42.2 Å². The van der Waals surface area contributed by atoms with Gasteiger partial charge in [-0.05, 0) is 12.1 Å². The smallest absolute Gasteiger partial charge is 0.354 e. The Morgan fingerprint density at radius 2 is 2.25 bits per heavy atom. The van der Waals surface area contributed by atoms with E-state index < -0.39 is 5.97 Å². The summed E-state index contributed by atoms with van der Waals surface area (Å²) in [4.78, 5) is 18.7. The molecule has 2 aromatic heterocycles. The summed E-state index contributed by atoms with van der Waals surface area (Å²) in [6.07, 6.45) is 5.77. The summed E-state index contributed by atoms with van der Waals surface area (Å²) in [6.45, 7) is 2.00. The number of rotatable bonds is 3. The van der Waals surface area contributed by atoms with Gasteiger partial charge in [-0.25, -0.2) is 14.8 Å². The lowest BCUT2D eigenvalue weighted by Crippen LogP contribution is -2.04. The Kier molecular flexibility index (Phi) is 2.68. The third-order valence-corrected chi connectivity index (χ3v) is 2.27. The van der Waals surface area contributed by atoms with Gasteiger partial charge in [0.1, 0.15) is 11.5 Å². The van der Waals surface area contributed by atoms with Crippen LogP contribution in [-0.2, 0) is 6.42 Å². The second-order valence-electron chi connectivity index (χ2n) is 3.27. The third-order valence-electron chi connectivity index (χ3n) is 2.27. The average Bonchev–Trinajstić information content (AvgIpc) is 2.77. The van der Waals surface area contributed by atoms with Crippen LogP contribution in [0.4, 0.5) is 0 Å². The molecular formula is C11H11N3O2. The van der Waals surface area contributed by atoms with Gasteiger partial charge in [-0.15, -0.1) is 0 Å². The molecule has 5 heteroatoms. The van der Waals surface area contributed by atoms with E-state index in [4.69, 9.17) is 5.11 Å². The number of hydrogen-bond donors (Lipinski definition) is 1. The van der Waals surface area contributed by atoms with E-state index in [1.807, 2.05) is 11.5 Å². The molecule has 0 fully saturated rings. The highest BCUT2D eigenvalue weighted by Gasteiger charge is 2.08. The van der Waals surface area contributed by atoms with Gasteiger partial charge in [0.15, 0.2) is 0 Å². The predicted octanol–water partition coefficient (Wildman–Crippen LogP) is 1.53. The Hall–Kier alpha value is -2.17. The molecular weight excluding hydrogens is 206 g/mol. The quantitative estimate of drug-likeness (QED) is 0.846. The lowest BCUT2D eigenvalue weighted by Gasteiger charge is -2.06. The Morgan fingerprint density at radius 1 is 1.44 bits per heavy atom. The van der Waals surface area contributed by atoms with Gasteiger partial charge < -0.3 is 9.67 Å². The molecule has 0 atom stereocenters. The van der Waals surface area contributed by atoms with Crippen LogP contribution in [0.15, 0.2) is 30.7 Å². The first-order valence-corrected chi connectivity index (χ1v) is 4.94. The molecule has 0 aliphatic carbocycles. The Balaban J connectivity index is 2.48. The van der Waals surface area contributed by atoms with E-state index in [1.54, 1.807) is 18.5 Å². The van der Waals surface area contributed by atoms with Gasteiger partial charge in [-0.1, -0.05) is 6.92 Å². The molecule has 0 aliphatic heterocycles. The van der Waals surface area contributed by atoms with Crippen molar-refractivity contribution in [3.63, 3.8) is 0 Å². The minimum absolute atomic E-state index is 0.0354. The molecule has 0 aliphatic rings. The maximum absolute atomic E-state index is 10.8. The van der Waals surface area contributed by atoms with Crippen molar-refractivity contribution in [1.82, 2.24) is 14.5 Å². The Morgan fingerprint density at radius 3 is 2.94 bits per heavy atom. The summed E-state index contributed by atoms with van der Waals surface area (Å²) in [5, 5.41) is 8.85. The number of carbonyl (C=O) groups is 1. The fourth-order valence-corrected chi connectivity index (χ4v) is 1.52. The molecule has 82 valence electrons. The number of pyridine rings is 1. The third kappa shape index (κ3) is 1.79. The summed E-state index contributed by atoms with van der Waals surface area (Å²) in [5.41, 5.74) is 0.801. The first-order valence-electron chi connectivity index (χ1n) is 4.94. The Labute approximate surface area is 92.4 Å². The summed E-state index contributed by atoms with van der Waals surface area (Å²) < 4.78 is 1.86. The molecule has 1 N–H and O–H groups in total. The normalized spacial score (nSPS) is 10.3. The lowest BCUT2D eigenvalue weighted by molar-refractivity contribution is 0.0690. The van der Waals surface area contributed by atoms with Crippen molar-refractivity contribution < 1.29 is 9.90 Å². The van der Waals surface area contributed by atoms with E-state index in [9.17, 15) is 4.79 Å². The second-order valence-corrected chi connectivity index (χ2v) is 3.27. The molecule has 0 aromatic carbocycles. The van der Waals surface area contributed by atoms with E-state index >= 15 is 0 Å². The van der Waals surface area contributed by atoms with Crippen LogP contribution in [0.1, 0.15) is 23.2 Å². The van der Waals surface area contributed by atoms with Crippen LogP contribution in [0.3, 0.4) is 0 Å². The van der Waals surface area contributed by atoms with Gasteiger partial charge in [-0.3, -0.25) is 0 Å². The Bertz CT molecular complexity index is 519. The van der Waals surface area contributed by atoms with E-state index in [2.05, 4.69) is 9.97 Å². The number of aryl methyl sites for hydroxylation is 1. The number of carboxylic acid groups (broad SMARTS) is 1. The molecule has 5 nitrogen and oxygen atoms in total. The SMILES string of the molecule is CCc1nccn1-c1ccnc(C(=O)O)c1. The fraction of sp³-hybridized carbons (Fsp3) is 0.182. The van der Waals surface area contributed by atoms with Crippen molar-refractivity contribution in [2.45, 2.75) is 13.3 Å². The zero-order chi connectivity index (χ0) is 11.5. The lowest BCUT2D eigenvalue weighted by atomic mass is 10.3. The number of hydrogen-bond acceptors (Lipinski definition) is 3. The number of aromatic carboxylic acids is 1. The average molecular weight is 217 g/mol. The highest BCUT2D eigenvalue weighted by Crippen LogP contribution is 2.11. The van der Waals surface area contributed by atoms with Crippen LogP contribution in [0.5, 0.6) is 0 Å². The molecule has 0 radical (unpaired) electrons. The summed E-state index contributed by atoms with van der Waals surface area (Å²) in [7, 11) is 0. The van der Waals surface area contributed by atoms with Crippen molar-refractivity contribution in [2.24, 2.45) is 0 Å². The molecule has 0 saturated heterocycles. The maximum Gasteiger partial charge on any atom is 0.354 e. The fourth-order valence-electron chi connectivity index (χ4n) is 1.52. The van der Waals surface area contributed by atoms with Crippen LogP contribution in [-0.4, -0.2) is 25.6 Å². The van der Waals surface area contributed by atoms with Crippen molar-refractivity contribution in [1.29, 1.82) is 0 Å². The molecule has 2 rings (SSSR count). The summed E-state index contributed by atoms with van der Waals surface area (Å²) >= 11 is 0. The van der Waals surface area contributed by atoms with Crippen LogP contribution >= 0.6 is 0 Å². The van der Waals surface area contributed by atoms with Gasteiger partial charge in [0.05, 0.1) is 5.69 Å². The van der Waals surface area contributed by atoms with Gasteiger partial charge >= 0.3 is 5.97 Å². The number of aromatic nitrogens is 3. The first kappa shape index (κ1) is 10.4. The van der Waals surface area contributed by atoms with Crippen molar-refractivity contribution in [3.8, 4) is 5.69 Å². The number of imidazole rings is 1. The minimum Gasteiger partial charge on any atom is -0.477 e.